The van der Waals surface area contributed by atoms with Crippen LogP contribution in [0.2, 0.25) is 0 Å². The first-order valence-corrected chi connectivity index (χ1v) is 6.76. The Kier molecular flexibility index (Phi) is 3.50. The number of nitrogens with one attached hydrogen (secondary N) is 2. The maximum absolute atomic E-state index is 11.9. The van der Waals surface area contributed by atoms with Gasteiger partial charge in [-0.3, -0.25) is 4.68 Å². The second-order valence-electron chi connectivity index (χ2n) is 3.82. The summed E-state index contributed by atoms with van der Waals surface area (Å²) in [6.45, 7) is -0.0986. The summed E-state index contributed by atoms with van der Waals surface area (Å²) in [4.78, 5) is 2.77. The van der Waals surface area contributed by atoms with E-state index in [1.807, 2.05) is 0 Å². The topological polar surface area (TPSA) is 100 Å². The van der Waals surface area contributed by atoms with Crippen molar-refractivity contribution in [2.75, 3.05) is 0 Å². The lowest BCUT2D eigenvalue weighted by atomic mass is 10.4. The number of H-pyrrole nitrogens is 1. The molecule has 7 nitrogen and oxygen atoms in total. The van der Waals surface area contributed by atoms with E-state index in [4.69, 9.17) is 5.11 Å². The van der Waals surface area contributed by atoms with Crippen molar-refractivity contribution < 1.29 is 13.5 Å². The molecule has 8 heteroatoms. The molecule has 0 saturated heterocycles. The number of rotatable bonds is 5. The van der Waals surface area contributed by atoms with Crippen LogP contribution in [0.15, 0.2) is 29.4 Å². The normalized spacial score (nSPS) is 11.9. The minimum Gasteiger partial charge on any atom is -0.390 e. The summed E-state index contributed by atoms with van der Waals surface area (Å²) in [5, 5.41) is 12.9. The van der Waals surface area contributed by atoms with Crippen LogP contribution >= 0.6 is 0 Å². The number of aromatic nitrogens is 3. The largest absolute Gasteiger partial charge is 0.390 e. The molecule has 0 saturated carbocycles. The molecule has 18 heavy (non-hydrogen) atoms. The molecule has 2 aromatic rings. The summed E-state index contributed by atoms with van der Waals surface area (Å²) in [5.41, 5.74) is 1.09. The molecule has 0 aromatic carbocycles. The highest BCUT2D eigenvalue weighted by atomic mass is 32.2. The van der Waals surface area contributed by atoms with Gasteiger partial charge in [0, 0.05) is 25.1 Å². The Morgan fingerprint density at radius 1 is 1.56 bits per heavy atom. The minimum absolute atomic E-state index is 0.0995. The lowest BCUT2D eigenvalue weighted by Gasteiger charge is -2.02. The van der Waals surface area contributed by atoms with Crippen molar-refractivity contribution in [3.63, 3.8) is 0 Å². The highest BCUT2D eigenvalue weighted by Gasteiger charge is 2.15. The van der Waals surface area contributed by atoms with Gasteiger partial charge in [-0.25, -0.2) is 13.1 Å². The van der Waals surface area contributed by atoms with Gasteiger partial charge in [0.05, 0.1) is 23.7 Å². The molecule has 2 aromatic heterocycles. The molecular weight excluding hydrogens is 256 g/mol. The number of nitrogens with zero attached hydrogens (tertiary/aromatic N) is 2. The predicted molar refractivity (Wildman–Crippen MR) is 63.9 cm³/mol. The second-order valence-corrected chi connectivity index (χ2v) is 5.59. The van der Waals surface area contributed by atoms with E-state index < -0.39 is 10.0 Å². The molecule has 98 valence electrons. The van der Waals surface area contributed by atoms with E-state index in [0.717, 1.165) is 0 Å². The van der Waals surface area contributed by atoms with E-state index in [0.29, 0.717) is 11.4 Å². The van der Waals surface area contributed by atoms with Crippen molar-refractivity contribution >= 4 is 10.0 Å². The van der Waals surface area contributed by atoms with Gasteiger partial charge in [-0.1, -0.05) is 0 Å². The number of sulfonamides is 1. The van der Waals surface area contributed by atoms with Crippen LogP contribution < -0.4 is 4.72 Å². The van der Waals surface area contributed by atoms with E-state index in [1.54, 1.807) is 24.0 Å². The molecule has 0 bridgehead atoms. The summed E-state index contributed by atoms with van der Waals surface area (Å²) in [6, 6.07) is 3.12. The smallest absolute Gasteiger partial charge is 0.242 e. The van der Waals surface area contributed by atoms with Gasteiger partial charge in [-0.15, -0.1) is 0 Å². The van der Waals surface area contributed by atoms with Crippen LogP contribution in [0.4, 0.5) is 0 Å². The number of aromatic amines is 1. The average molecular weight is 270 g/mol. The fourth-order valence-corrected chi connectivity index (χ4v) is 2.49. The number of aliphatic hydroxyl groups excluding tert-OH is 1. The number of aliphatic hydroxyl groups is 1. The van der Waals surface area contributed by atoms with E-state index in [1.165, 1.54) is 12.3 Å². The van der Waals surface area contributed by atoms with Crippen LogP contribution in [-0.2, 0) is 30.2 Å². The first-order chi connectivity index (χ1) is 8.51. The van der Waals surface area contributed by atoms with Crippen LogP contribution in [0, 0.1) is 0 Å². The van der Waals surface area contributed by atoms with Crippen molar-refractivity contribution in [2.45, 2.75) is 18.0 Å². The zero-order valence-corrected chi connectivity index (χ0v) is 10.6. The molecule has 0 unspecified atom stereocenters. The van der Waals surface area contributed by atoms with Crippen molar-refractivity contribution in [2.24, 2.45) is 7.05 Å². The molecule has 0 spiro atoms. The monoisotopic (exact) mass is 270 g/mol. The average Bonchev–Trinajstić information content (AvgIpc) is 2.95. The van der Waals surface area contributed by atoms with Crippen molar-refractivity contribution in [3.05, 3.63) is 35.9 Å². The quantitative estimate of drug-likeness (QED) is 0.695. The first kappa shape index (κ1) is 12.8. The van der Waals surface area contributed by atoms with E-state index in [-0.39, 0.29) is 18.0 Å². The minimum atomic E-state index is -3.58. The molecular formula is C10H14N4O3S. The van der Waals surface area contributed by atoms with Crippen LogP contribution in [0.5, 0.6) is 0 Å². The number of hydrogen-bond donors (Lipinski definition) is 3. The molecule has 2 heterocycles. The molecule has 3 N–H and O–H groups in total. The van der Waals surface area contributed by atoms with Gasteiger partial charge < -0.3 is 10.1 Å². The zero-order valence-electron chi connectivity index (χ0n) is 9.79. The summed E-state index contributed by atoms with van der Waals surface area (Å²) in [6.07, 6.45) is 3.08. The van der Waals surface area contributed by atoms with Gasteiger partial charge >= 0.3 is 0 Å². The van der Waals surface area contributed by atoms with Gasteiger partial charge in [0.25, 0.3) is 0 Å². The Bertz CT molecular complexity index is 629. The Balaban J connectivity index is 2.07. The molecule has 0 aliphatic heterocycles. The highest BCUT2D eigenvalue weighted by Crippen LogP contribution is 2.11. The fraction of sp³-hybridized carbons (Fsp3) is 0.300. The lowest BCUT2D eigenvalue weighted by Crippen LogP contribution is -2.23. The summed E-state index contributed by atoms with van der Waals surface area (Å²) < 4.78 is 27.8. The Morgan fingerprint density at radius 2 is 2.33 bits per heavy atom. The van der Waals surface area contributed by atoms with Gasteiger partial charge in [0.1, 0.15) is 0 Å². The molecule has 2 rings (SSSR count). The highest BCUT2D eigenvalue weighted by molar-refractivity contribution is 7.89. The SMILES string of the molecule is Cn1ccc(CNS(=O)(=O)c2c[nH]c(CO)c2)n1. The first-order valence-electron chi connectivity index (χ1n) is 5.27. The number of hydrogen-bond acceptors (Lipinski definition) is 4. The van der Waals surface area contributed by atoms with Gasteiger partial charge in [0.15, 0.2) is 0 Å². The number of aryl methyl sites for hydroxylation is 1. The zero-order chi connectivity index (χ0) is 13.2. The molecule has 0 amide bonds. The molecule has 0 aliphatic carbocycles. The molecule has 0 atom stereocenters. The summed E-state index contributed by atoms with van der Waals surface area (Å²) in [5.74, 6) is 0. The van der Waals surface area contributed by atoms with Crippen LogP contribution in [-0.4, -0.2) is 28.3 Å². The van der Waals surface area contributed by atoms with Crippen LogP contribution in [0.1, 0.15) is 11.4 Å². The Hall–Kier alpha value is -1.64. The maximum Gasteiger partial charge on any atom is 0.242 e. The van der Waals surface area contributed by atoms with E-state index in [2.05, 4.69) is 14.8 Å². The second kappa shape index (κ2) is 4.92. The third-order valence-electron chi connectivity index (χ3n) is 2.41. The standard InChI is InChI=1S/C10H14N4O3S/c1-14-3-2-8(13-14)5-12-18(16,17)10-4-9(7-15)11-6-10/h2-4,6,11-12,15H,5,7H2,1H3. The Morgan fingerprint density at radius 3 is 2.89 bits per heavy atom. The van der Waals surface area contributed by atoms with Gasteiger partial charge in [-0.2, -0.15) is 5.10 Å². The predicted octanol–water partition coefficient (Wildman–Crippen LogP) is -0.281. The fourth-order valence-electron chi connectivity index (χ4n) is 1.48. The van der Waals surface area contributed by atoms with Crippen molar-refractivity contribution in [1.82, 2.24) is 19.5 Å². The molecule has 0 radical (unpaired) electrons. The lowest BCUT2D eigenvalue weighted by molar-refractivity contribution is 0.277. The Labute approximate surface area is 105 Å². The van der Waals surface area contributed by atoms with Gasteiger partial charge in [-0.05, 0) is 12.1 Å². The van der Waals surface area contributed by atoms with E-state index >= 15 is 0 Å². The van der Waals surface area contributed by atoms with Gasteiger partial charge in [0.2, 0.25) is 10.0 Å². The third kappa shape index (κ3) is 2.78. The van der Waals surface area contributed by atoms with Crippen molar-refractivity contribution in [3.8, 4) is 0 Å². The molecule has 0 fully saturated rings. The third-order valence-corrected chi connectivity index (χ3v) is 3.79. The van der Waals surface area contributed by atoms with E-state index in [9.17, 15) is 8.42 Å². The van der Waals surface area contributed by atoms with Crippen molar-refractivity contribution in [1.29, 1.82) is 0 Å². The summed E-state index contributed by atoms with van der Waals surface area (Å²) in [7, 11) is -1.82. The van der Waals surface area contributed by atoms with Crippen LogP contribution in [0.3, 0.4) is 0 Å². The molecule has 0 aliphatic rings. The maximum atomic E-state index is 11.9. The summed E-state index contributed by atoms with van der Waals surface area (Å²) >= 11 is 0. The van der Waals surface area contributed by atoms with Crippen LogP contribution in [0.25, 0.3) is 0 Å².